The number of hydrogen-bond acceptors (Lipinski definition) is 8. The van der Waals surface area contributed by atoms with Crippen LogP contribution in [0.2, 0.25) is 0 Å². The Bertz CT molecular complexity index is 999. The molecule has 3 N–H and O–H groups in total. The van der Waals surface area contributed by atoms with Crippen LogP contribution in [0, 0.1) is 0 Å². The van der Waals surface area contributed by atoms with Crippen molar-refractivity contribution >= 4 is 16.9 Å². The summed E-state index contributed by atoms with van der Waals surface area (Å²) in [6, 6.07) is 5.94. The van der Waals surface area contributed by atoms with Gasteiger partial charge in [0.1, 0.15) is 17.1 Å². The van der Waals surface area contributed by atoms with Gasteiger partial charge >= 0.3 is 0 Å². The molecule has 0 spiro atoms. The fraction of sp³-hybridized carbons (Fsp3) is 0.522. The third kappa shape index (κ3) is 5.35. The highest BCUT2D eigenvalue weighted by molar-refractivity contribution is 5.86. The summed E-state index contributed by atoms with van der Waals surface area (Å²) < 4.78 is 5.51. The van der Waals surface area contributed by atoms with Crippen molar-refractivity contribution in [2.24, 2.45) is 5.73 Å². The molecule has 0 atom stereocenters. The monoisotopic (exact) mass is 438 g/mol. The van der Waals surface area contributed by atoms with E-state index in [9.17, 15) is 0 Å². The number of ether oxygens (including phenoxy) is 1. The van der Waals surface area contributed by atoms with Crippen molar-refractivity contribution in [3.8, 4) is 5.75 Å². The minimum absolute atomic E-state index is 0.683. The molecular weight excluding hydrogens is 404 g/mol. The number of rotatable bonds is 10. The fourth-order valence-corrected chi connectivity index (χ4v) is 4.18. The molecule has 4 rings (SSSR count). The van der Waals surface area contributed by atoms with E-state index in [1.54, 1.807) is 7.11 Å². The lowest BCUT2D eigenvalue weighted by Gasteiger charge is -2.34. The second kappa shape index (κ2) is 10.7. The number of aromatic amines is 1. The zero-order valence-corrected chi connectivity index (χ0v) is 19.1. The van der Waals surface area contributed by atoms with Crippen molar-refractivity contribution in [3.05, 3.63) is 42.1 Å². The number of hydrogen-bond donors (Lipinski definition) is 2. The van der Waals surface area contributed by atoms with Crippen LogP contribution in [-0.4, -0.2) is 83.2 Å². The van der Waals surface area contributed by atoms with Gasteiger partial charge in [0.05, 0.1) is 25.0 Å². The Hall–Kier alpha value is -2.75. The van der Waals surface area contributed by atoms with E-state index >= 15 is 0 Å². The lowest BCUT2D eigenvalue weighted by atomic mass is 10.2. The number of piperazine rings is 1. The van der Waals surface area contributed by atoms with Crippen molar-refractivity contribution in [2.75, 3.05) is 58.3 Å². The molecule has 1 saturated heterocycles. The van der Waals surface area contributed by atoms with Crippen LogP contribution < -0.4 is 15.4 Å². The number of methoxy groups -OCH3 is 1. The predicted octanol–water partition coefficient (Wildman–Crippen LogP) is 1.85. The van der Waals surface area contributed by atoms with E-state index in [1.165, 1.54) is 5.69 Å². The van der Waals surface area contributed by atoms with E-state index in [0.717, 1.165) is 74.0 Å². The lowest BCUT2D eigenvalue weighted by molar-refractivity contribution is 0.239. The van der Waals surface area contributed by atoms with E-state index in [4.69, 9.17) is 15.5 Å². The number of aromatic nitrogens is 4. The Labute approximate surface area is 189 Å². The number of nitrogens with zero attached hydrogens (tertiary/aromatic N) is 6. The highest BCUT2D eigenvalue weighted by atomic mass is 16.5. The van der Waals surface area contributed by atoms with Crippen LogP contribution in [0.3, 0.4) is 0 Å². The van der Waals surface area contributed by atoms with Crippen molar-refractivity contribution in [2.45, 2.75) is 25.9 Å². The molecule has 0 unspecified atom stereocenters. The number of fused-ring (bicyclic) bond motifs is 1. The molecular formula is C23H34N8O. The van der Waals surface area contributed by atoms with Crippen molar-refractivity contribution in [1.82, 2.24) is 29.7 Å². The average molecular weight is 439 g/mol. The molecule has 0 aliphatic carbocycles. The largest absolute Gasteiger partial charge is 0.495 e. The summed E-state index contributed by atoms with van der Waals surface area (Å²) in [6.45, 7) is 7.12. The molecule has 0 radical (unpaired) electrons. The molecule has 0 aromatic carbocycles. The number of unbranched alkanes of at least 4 members (excludes halogenated alkanes) is 1. The summed E-state index contributed by atoms with van der Waals surface area (Å²) in [5, 5.41) is 0. The second-order valence-electron chi connectivity index (χ2n) is 8.36. The SMILES string of the molecule is COc1cccnc1CN(CCCCN)Cc1nc2nccc(N3CCN(C)CC3)c2[nH]1. The third-order valence-corrected chi connectivity index (χ3v) is 6.01. The third-order valence-electron chi connectivity index (χ3n) is 6.01. The maximum atomic E-state index is 5.73. The second-order valence-corrected chi connectivity index (χ2v) is 8.36. The van der Waals surface area contributed by atoms with Gasteiger partial charge in [-0.05, 0) is 51.2 Å². The summed E-state index contributed by atoms with van der Waals surface area (Å²) in [7, 11) is 3.85. The van der Waals surface area contributed by atoms with E-state index in [0.29, 0.717) is 19.6 Å². The van der Waals surface area contributed by atoms with Crippen molar-refractivity contribution in [1.29, 1.82) is 0 Å². The molecule has 4 heterocycles. The highest BCUT2D eigenvalue weighted by Crippen LogP contribution is 2.25. The van der Waals surface area contributed by atoms with E-state index in [-0.39, 0.29) is 0 Å². The molecule has 32 heavy (non-hydrogen) atoms. The van der Waals surface area contributed by atoms with E-state index in [1.807, 2.05) is 24.5 Å². The van der Waals surface area contributed by atoms with Crippen LogP contribution in [0.1, 0.15) is 24.4 Å². The number of pyridine rings is 2. The molecule has 0 bridgehead atoms. The van der Waals surface area contributed by atoms with Gasteiger partial charge in [-0.25, -0.2) is 9.97 Å². The quantitative estimate of drug-likeness (QED) is 0.463. The van der Waals surface area contributed by atoms with Gasteiger partial charge in [-0.3, -0.25) is 9.88 Å². The number of nitrogens with one attached hydrogen (secondary N) is 1. The summed E-state index contributed by atoms with van der Waals surface area (Å²) >= 11 is 0. The molecule has 172 valence electrons. The summed E-state index contributed by atoms with van der Waals surface area (Å²) in [5.41, 5.74) is 9.63. The summed E-state index contributed by atoms with van der Waals surface area (Å²) in [4.78, 5) is 24.6. The van der Waals surface area contributed by atoms with Gasteiger partial charge < -0.3 is 25.3 Å². The molecule has 3 aromatic heterocycles. The van der Waals surface area contributed by atoms with Crippen LogP contribution in [0.5, 0.6) is 5.75 Å². The highest BCUT2D eigenvalue weighted by Gasteiger charge is 2.19. The van der Waals surface area contributed by atoms with Crippen LogP contribution in [0.4, 0.5) is 5.69 Å². The Morgan fingerprint density at radius 3 is 2.72 bits per heavy atom. The first-order valence-corrected chi connectivity index (χ1v) is 11.4. The number of likely N-dealkylation sites (N-methyl/N-ethyl adjacent to an activating group) is 1. The van der Waals surface area contributed by atoms with Crippen LogP contribution in [0.15, 0.2) is 30.6 Å². The minimum Gasteiger partial charge on any atom is -0.495 e. The summed E-state index contributed by atoms with van der Waals surface area (Å²) in [5.74, 6) is 1.72. The molecule has 1 aliphatic heterocycles. The molecule has 0 amide bonds. The smallest absolute Gasteiger partial charge is 0.179 e. The molecule has 0 saturated carbocycles. The van der Waals surface area contributed by atoms with Gasteiger partial charge in [0, 0.05) is 45.1 Å². The topological polar surface area (TPSA) is 99.4 Å². The number of anilines is 1. The number of nitrogens with two attached hydrogens (primary N) is 1. The summed E-state index contributed by atoms with van der Waals surface area (Å²) in [6.07, 6.45) is 5.68. The first-order valence-electron chi connectivity index (χ1n) is 11.4. The Morgan fingerprint density at radius 2 is 1.94 bits per heavy atom. The Kier molecular flexibility index (Phi) is 7.51. The van der Waals surface area contributed by atoms with Crippen LogP contribution >= 0.6 is 0 Å². The number of H-pyrrole nitrogens is 1. The van der Waals surface area contributed by atoms with E-state index < -0.39 is 0 Å². The van der Waals surface area contributed by atoms with Gasteiger partial charge in [-0.15, -0.1) is 0 Å². The van der Waals surface area contributed by atoms with Crippen molar-refractivity contribution < 1.29 is 4.74 Å². The van der Waals surface area contributed by atoms with Gasteiger partial charge in [-0.2, -0.15) is 0 Å². The standard InChI is InChI=1S/C23H34N8O/c1-29-12-14-31(15-13-29)19-7-10-26-23-22(19)27-21(28-23)17-30(11-4-3-8-24)16-18-20(32-2)6-5-9-25-18/h5-7,9-10H,3-4,8,11-17,24H2,1-2H3,(H,26,27,28). The van der Waals surface area contributed by atoms with Crippen LogP contribution in [-0.2, 0) is 13.1 Å². The maximum absolute atomic E-state index is 5.73. The molecule has 3 aromatic rings. The zero-order chi connectivity index (χ0) is 22.3. The van der Waals surface area contributed by atoms with Gasteiger partial charge in [0.2, 0.25) is 0 Å². The molecule has 1 aliphatic rings. The number of imidazole rings is 1. The molecule has 1 fully saturated rings. The molecule has 9 nitrogen and oxygen atoms in total. The van der Waals surface area contributed by atoms with Gasteiger partial charge in [0.15, 0.2) is 5.65 Å². The fourth-order valence-electron chi connectivity index (χ4n) is 4.18. The van der Waals surface area contributed by atoms with Gasteiger partial charge in [0.25, 0.3) is 0 Å². The molecule has 9 heteroatoms. The maximum Gasteiger partial charge on any atom is 0.179 e. The normalized spacial score (nSPS) is 15.1. The average Bonchev–Trinajstić information content (AvgIpc) is 3.22. The Morgan fingerprint density at radius 1 is 1.09 bits per heavy atom. The lowest BCUT2D eigenvalue weighted by Crippen LogP contribution is -2.44. The Balaban J connectivity index is 1.54. The zero-order valence-electron chi connectivity index (χ0n) is 19.1. The predicted molar refractivity (Wildman–Crippen MR) is 127 cm³/mol. The first-order chi connectivity index (χ1) is 15.7. The van der Waals surface area contributed by atoms with Gasteiger partial charge in [-0.1, -0.05) is 0 Å². The minimum atomic E-state index is 0.683. The van der Waals surface area contributed by atoms with Crippen molar-refractivity contribution in [3.63, 3.8) is 0 Å². The first kappa shape index (κ1) is 22.4. The van der Waals surface area contributed by atoms with E-state index in [2.05, 4.69) is 42.8 Å². The van der Waals surface area contributed by atoms with Crippen LogP contribution in [0.25, 0.3) is 11.2 Å².